The van der Waals surface area contributed by atoms with Gasteiger partial charge in [0.15, 0.2) is 0 Å². The predicted molar refractivity (Wildman–Crippen MR) is 84.8 cm³/mol. The number of fused-ring (bicyclic) bond motifs is 1. The van der Waals surface area contributed by atoms with E-state index in [-0.39, 0.29) is 16.3 Å². The molecule has 0 bridgehead atoms. The monoisotopic (exact) mass is 417 g/mol. The van der Waals surface area contributed by atoms with Crippen LogP contribution in [0.2, 0.25) is 0 Å². The van der Waals surface area contributed by atoms with Crippen LogP contribution < -0.4 is 10.1 Å². The molecule has 0 saturated carbocycles. The minimum Gasteiger partial charge on any atom is -0.488 e. The highest BCUT2D eigenvalue weighted by molar-refractivity contribution is 9.10. The van der Waals surface area contributed by atoms with Crippen LogP contribution >= 0.6 is 31.9 Å². The van der Waals surface area contributed by atoms with Gasteiger partial charge < -0.3 is 10.1 Å². The van der Waals surface area contributed by atoms with Crippen molar-refractivity contribution in [1.82, 2.24) is 0 Å². The molecule has 110 valence electrons. The molecule has 0 aliphatic carbocycles. The summed E-state index contributed by atoms with van der Waals surface area (Å²) in [6.07, 6.45) is 0.642. The Morgan fingerprint density at radius 3 is 2.76 bits per heavy atom. The number of ether oxygens (including phenoxy) is 1. The van der Waals surface area contributed by atoms with Crippen molar-refractivity contribution in [3.63, 3.8) is 0 Å². The average Bonchev–Trinajstić information content (AvgIpc) is 2.83. The standard InChI is InChI=1S/C15H11Br2F2NO/c16-9-1-2-15-8(3-9)4-10(21-15)7-20-14-6-12(18)11(17)5-13(14)19/h1-3,5-6,10,20H,4,7H2. The number of rotatable bonds is 3. The first-order valence-electron chi connectivity index (χ1n) is 6.36. The lowest BCUT2D eigenvalue weighted by Gasteiger charge is -2.13. The van der Waals surface area contributed by atoms with Crippen molar-refractivity contribution in [2.75, 3.05) is 11.9 Å². The van der Waals surface area contributed by atoms with Crippen LogP contribution in [0.5, 0.6) is 5.75 Å². The number of anilines is 1. The van der Waals surface area contributed by atoms with E-state index in [4.69, 9.17) is 4.74 Å². The first kappa shape index (κ1) is 14.8. The molecule has 3 rings (SSSR count). The van der Waals surface area contributed by atoms with Gasteiger partial charge in [0.25, 0.3) is 0 Å². The third-order valence-corrected chi connectivity index (χ3v) is 4.39. The summed E-state index contributed by atoms with van der Waals surface area (Å²) in [5, 5.41) is 2.90. The van der Waals surface area contributed by atoms with Crippen LogP contribution in [0.15, 0.2) is 39.3 Å². The summed E-state index contributed by atoms with van der Waals surface area (Å²) >= 11 is 6.37. The second kappa shape index (κ2) is 5.93. The van der Waals surface area contributed by atoms with E-state index in [1.807, 2.05) is 18.2 Å². The van der Waals surface area contributed by atoms with Crippen LogP contribution in [-0.2, 0) is 6.42 Å². The Hall–Kier alpha value is -1.14. The minimum atomic E-state index is -0.501. The molecule has 1 heterocycles. The number of hydrogen-bond acceptors (Lipinski definition) is 2. The zero-order chi connectivity index (χ0) is 15.0. The van der Waals surface area contributed by atoms with Crippen molar-refractivity contribution in [3.05, 3.63) is 56.5 Å². The van der Waals surface area contributed by atoms with Crippen molar-refractivity contribution < 1.29 is 13.5 Å². The van der Waals surface area contributed by atoms with Gasteiger partial charge in [-0.3, -0.25) is 0 Å². The molecule has 0 aromatic heterocycles. The third kappa shape index (κ3) is 3.21. The van der Waals surface area contributed by atoms with Gasteiger partial charge in [-0.15, -0.1) is 0 Å². The van der Waals surface area contributed by atoms with Gasteiger partial charge in [-0.05, 0) is 45.8 Å². The predicted octanol–water partition coefficient (Wildman–Crippen LogP) is 4.91. The summed E-state index contributed by atoms with van der Waals surface area (Å²) in [4.78, 5) is 0. The summed E-state index contributed by atoms with van der Waals surface area (Å²) in [5.41, 5.74) is 1.25. The number of nitrogens with one attached hydrogen (secondary N) is 1. The summed E-state index contributed by atoms with van der Waals surface area (Å²) < 4.78 is 34.0. The average molecular weight is 419 g/mol. The maximum Gasteiger partial charge on any atom is 0.147 e. The van der Waals surface area contributed by atoms with Gasteiger partial charge in [0.1, 0.15) is 23.5 Å². The first-order chi connectivity index (χ1) is 10.0. The maximum atomic E-state index is 13.7. The SMILES string of the molecule is Fc1cc(NCC2Cc3cc(Br)ccc3O2)c(F)cc1Br. The van der Waals surface area contributed by atoms with Crippen molar-refractivity contribution >= 4 is 37.5 Å². The van der Waals surface area contributed by atoms with E-state index in [1.54, 1.807) is 0 Å². The van der Waals surface area contributed by atoms with Gasteiger partial charge in [-0.25, -0.2) is 8.78 Å². The summed E-state index contributed by atoms with van der Waals surface area (Å²) in [6, 6.07) is 8.07. The number of benzene rings is 2. The lowest BCUT2D eigenvalue weighted by molar-refractivity contribution is 0.246. The highest BCUT2D eigenvalue weighted by Crippen LogP contribution is 2.31. The molecule has 0 radical (unpaired) electrons. The molecule has 0 amide bonds. The normalized spacial score (nSPS) is 16.5. The fraction of sp³-hybridized carbons (Fsp3) is 0.200. The largest absolute Gasteiger partial charge is 0.488 e. The van der Waals surface area contributed by atoms with Crippen LogP contribution in [0, 0.1) is 11.6 Å². The molecule has 2 aromatic rings. The van der Waals surface area contributed by atoms with Gasteiger partial charge in [0.05, 0.1) is 16.7 Å². The van der Waals surface area contributed by atoms with E-state index >= 15 is 0 Å². The molecule has 2 aromatic carbocycles. The van der Waals surface area contributed by atoms with Crippen LogP contribution in [0.25, 0.3) is 0 Å². The molecule has 1 N–H and O–H groups in total. The van der Waals surface area contributed by atoms with Crippen LogP contribution in [0.1, 0.15) is 5.56 Å². The Bertz CT molecular complexity index is 694. The lowest BCUT2D eigenvalue weighted by Crippen LogP contribution is -2.24. The third-order valence-electron chi connectivity index (χ3n) is 3.29. The van der Waals surface area contributed by atoms with E-state index in [1.165, 1.54) is 0 Å². The molecular formula is C15H11Br2F2NO. The second-order valence-electron chi connectivity index (χ2n) is 4.82. The van der Waals surface area contributed by atoms with Crippen LogP contribution in [-0.4, -0.2) is 12.6 Å². The van der Waals surface area contributed by atoms with E-state index in [2.05, 4.69) is 37.2 Å². The van der Waals surface area contributed by atoms with Gasteiger partial charge in [0, 0.05) is 17.0 Å². The van der Waals surface area contributed by atoms with Gasteiger partial charge in [-0.2, -0.15) is 0 Å². The van der Waals surface area contributed by atoms with E-state index < -0.39 is 11.6 Å². The van der Waals surface area contributed by atoms with Crippen molar-refractivity contribution in [1.29, 1.82) is 0 Å². The lowest BCUT2D eigenvalue weighted by atomic mass is 10.1. The molecule has 0 saturated heterocycles. The fourth-order valence-corrected chi connectivity index (χ4v) is 3.01. The molecule has 0 fully saturated rings. The summed E-state index contributed by atoms with van der Waals surface area (Å²) in [5.74, 6) is -0.160. The van der Waals surface area contributed by atoms with Gasteiger partial charge in [0.2, 0.25) is 0 Å². The Morgan fingerprint density at radius 2 is 1.95 bits per heavy atom. The topological polar surface area (TPSA) is 21.3 Å². The summed E-state index contributed by atoms with van der Waals surface area (Å²) in [6.45, 7) is 0.407. The zero-order valence-electron chi connectivity index (χ0n) is 10.8. The molecule has 21 heavy (non-hydrogen) atoms. The Kier molecular flexibility index (Phi) is 4.17. The highest BCUT2D eigenvalue weighted by atomic mass is 79.9. The highest BCUT2D eigenvalue weighted by Gasteiger charge is 2.23. The van der Waals surface area contributed by atoms with Gasteiger partial charge >= 0.3 is 0 Å². The Balaban J connectivity index is 1.66. The number of halogens is 4. The van der Waals surface area contributed by atoms with Crippen molar-refractivity contribution in [3.8, 4) is 5.75 Å². The molecule has 0 spiro atoms. The fourth-order valence-electron chi connectivity index (χ4n) is 2.28. The molecule has 2 nitrogen and oxygen atoms in total. The molecular weight excluding hydrogens is 408 g/mol. The first-order valence-corrected chi connectivity index (χ1v) is 7.95. The maximum absolute atomic E-state index is 13.7. The molecule has 6 heteroatoms. The zero-order valence-corrected chi connectivity index (χ0v) is 14.0. The second-order valence-corrected chi connectivity index (χ2v) is 6.59. The van der Waals surface area contributed by atoms with Crippen LogP contribution in [0.3, 0.4) is 0 Å². The Labute approximate surface area is 137 Å². The molecule has 1 aliphatic rings. The number of hydrogen-bond donors (Lipinski definition) is 1. The van der Waals surface area contributed by atoms with E-state index in [0.29, 0.717) is 6.54 Å². The minimum absolute atomic E-state index is 0.0968. The van der Waals surface area contributed by atoms with Crippen LogP contribution in [0.4, 0.5) is 14.5 Å². The van der Waals surface area contributed by atoms with Crippen molar-refractivity contribution in [2.45, 2.75) is 12.5 Å². The quantitative estimate of drug-likeness (QED) is 0.715. The smallest absolute Gasteiger partial charge is 0.147 e. The van der Waals surface area contributed by atoms with Gasteiger partial charge in [-0.1, -0.05) is 15.9 Å². The Morgan fingerprint density at radius 1 is 1.14 bits per heavy atom. The van der Waals surface area contributed by atoms with E-state index in [9.17, 15) is 8.78 Å². The molecule has 1 atom stereocenters. The summed E-state index contributed by atoms with van der Waals surface area (Å²) in [7, 11) is 0. The molecule has 1 unspecified atom stereocenters. The molecule has 1 aliphatic heterocycles. The van der Waals surface area contributed by atoms with Crippen molar-refractivity contribution in [2.24, 2.45) is 0 Å². The van der Waals surface area contributed by atoms with E-state index in [0.717, 1.165) is 34.3 Å².